The molecule has 0 heterocycles. The monoisotopic (exact) mass is 696 g/mol. The van der Waals surface area contributed by atoms with Gasteiger partial charge in [0.15, 0.2) is 54.2 Å². The molecule has 0 saturated heterocycles. The van der Waals surface area contributed by atoms with Crippen LogP contribution in [0.15, 0.2) is 12.7 Å². The Labute approximate surface area is 242 Å². The highest BCUT2D eigenvalue weighted by Crippen LogP contribution is 2.33. The fourth-order valence-electron chi connectivity index (χ4n) is 4.01. The second-order valence-electron chi connectivity index (χ2n) is 11.1. The Bertz CT molecular complexity index is 561. The predicted octanol–water partition coefficient (Wildman–Crippen LogP) is 3.87. The van der Waals surface area contributed by atoms with Gasteiger partial charge in [0.25, 0.3) is 0 Å². The van der Waals surface area contributed by atoms with Crippen LogP contribution in [0, 0.1) is 0 Å². The van der Waals surface area contributed by atoms with Gasteiger partial charge in [-0.1, -0.05) is 6.08 Å². The van der Waals surface area contributed by atoms with Crippen molar-refractivity contribution in [2.24, 2.45) is 0 Å². The Balaban J connectivity index is 6.98. The van der Waals surface area contributed by atoms with Gasteiger partial charge in [0, 0.05) is 25.7 Å². The van der Waals surface area contributed by atoms with Gasteiger partial charge in [-0.25, -0.2) is 0 Å². The first kappa shape index (κ1) is 38.5. The van der Waals surface area contributed by atoms with Gasteiger partial charge >= 0.3 is 35.2 Å². The first-order valence-electron chi connectivity index (χ1n) is 13.5. The van der Waals surface area contributed by atoms with E-state index < -0.39 is 89.5 Å². The van der Waals surface area contributed by atoms with Crippen molar-refractivity contribution in [2.45, 2.75) is 104 Å². The molecule has 0 N–H and O–H groups in total. The molecule has 0 radical (unpaired) electrons. The van der Waals surface area contributed by atoms with Crippen molar-refractivity contribution in [1.82, 2.24) is 0 Å². The summed E-state index contributed by atoms with van der Waals surface area (Å²) < 4.78 is 60.1. The van der Waals surface area contributed by atoms with Crippen LogP contribution in [-0.2, 0) is 37.0 Å². The van der Waals surface area contributed by atoms with Crippen molar-refractivity contribution in [3.05, 3.63) is 12.7 Å². The van der Waals surface area contributed by atoms with Crippen LogP contribution in [-0.4, -0.2) is 89.5 Å². The minimum absolute atomic E-state index is 0.352. The molecule has 0 unspecified atom stereocenters. The third-order valence-electron chi connectivity index (χ3n) is 4.12. The molecular weight excluding hydrogens is 641 g/mol. The summed E-state index contributed by atoms with van der Waals surface area (Å²) in [6.07, 6.45) is 1.80. The molecule has 19 heteroatoms. The Morgan fingerprint density at radius 1 is 0.459 bits per heavy atom. The summed E-state index contributed by atoms with van der Waals surface area (Å²) in [7, 11) is -22.2. The van der Waals surface area contributed by atoms with E-state index in [0.29, 0.717) is 6.04 Å². The van der Waals surface area contributed by atoms with E-state index in [-0.39, 0.29) is 0 Å². The lowest BCUT2D eigenvalue weighted by molar-refractivity contribution is 0.127. The molecule has 9 nitrogen and oxygen atoms in total. The maximum absolute atomic E-state index is 7.00. The van der Waals surface area contributed by atoms with E-state index in [0.717, 1.165) is 0 Å². The zero-order valence-corrected chi connectivity index (χ0v) is 37.1. The van der Waals surface area contributed by atoms with Crippen LogP contribution in [0.2, 0.25) is 104 Å². The van der Waals surface area contributed by atoms with Crippen LogP contribution < -0.4 is 0 Å². The third kappa shape index (κ3) is 16.5. The summed E-state index contributed by atoms with van der Waals surface area (Å²) in [6.45, 7) is 35.4. The second-order valence-corrected chi connectivity index (χ2v) is 38.7. The minimum atomic E-state index is -3.65. The predicted molar refractivity (Wildman–Crippen MR) is 179 cm³/mol. The highest BCUT2D eigenvalue weighted by Gasteiger charge is 2.60. The molecule has 222 valence electrons. The van der Waals surface area contributed by atoms with Gasteiger partial charge in [-0.05, 0) is 78.6 Å². The molecule has 0 aliphatic heterocycles. The normalized spacial score (nSPS) is 14.3. The van der Waals surface area contributed by atoms with Crippen LogP contribution in [0.25, 0.3) is 0 Å². The third-order valence-corrected chi connectivity index (χ3v) is 34.7. The molecule has 0 spiro atoms. The quantitative estimate of drug-likeness (QED) is 0.139. The highest BCUT2D eigenvalue weighted by atomic mass is 28.6. The Hall–Kier alpha value is 1.55. The first-order valence-corrected chi connectivity index (χ1v) is 38.8. The van der Waals surface area contributed by atoms with E-state index in [1.165, 1.54) is 0 Å². The Morgan fingerprint density at radius 3 is 0.784 bits per heavy atom. The standard InChI is InChI=1S/C18H56O9Si10/c1-17-18-37(25-34(14,19-28(2)3)20-29(4)5,26-35(15,21-30(6)7)22-31(8)9)27-36(16,23-32(10)11)24-33(12)13/h17,28-33H,1,18H2,2-16H3. The van der Waals surface area contributed by atoms with Gasteiger partial charge in [-0.3, -0.25) is 0 Å². The summed E-state index contributed by atoms with van der Waals surface area (Å²) in [5, 5.41) is 0. The lowest BCUT2D eigenvalue weighted by atomic mass is 10.8. The maximum atomic E-state index is 7.00. The summed E-state index contributed by atoms with van der Waals surface area (Å²) in [6, 6.07) is 0.352. The summed E-state index contributed by atoms with van der Waals surface area (Å²) in [4.78, 5) is 0. The SMILES string of the molecule is C=CC[Si](O[Si](C)(O[SiH](C)C)O[SiH](C)C)(O[Si](C)(O[SiH](C)C)O[SiH](C)C)O[Si](C)(O[SiH](C)C)O[SiH](C)C. The zero-order chi connectivity index (χ0) is 29.2. The average Bonchev–Trinajstić information content (AvgIpc) is 2.55. The molecule has 0 aromatic rings. The van der Waals surface area contributed by atoms with Crippen molar-refractivity contribution >= 4 is 89.5 Å². The van der Waals surface area contributed by atoms with Crippen LogP contribution in [0.5, 0.6) is 0 Å². The van der Waals surface area contributed by atoms with Crippen molar-refractivity contribution in [2.75, 3.05) is 0 Å². The van der Waals surface area contributed by atoms with Gasteiger partial charge in [0.05, 0.1) is 0 Å². The molecule has 0 bridgehead atoms. The first-order chi connectivity index (χ1) is 16.7. The second kappa shape index (κ2) is 16.9. The highest BCUT2D eigenvalue weighted by molar-refractivity contribution is 6.90. The van der Waals surface area contributed by atoms with Crippen molar-refractivity contribution in [3.63, 3.8) is 0 Å². The van der Waals surface area contributed by atoms with Gasteiger partial charge in [0.1, 0.15) is 0 Å². The Morgan fingerprint density at radius 2 is 0.649 bits per heavy atom. The smallest absolute Gasteiger partial charge is 0.420 e. The molecular formula is C18H56O9Si10. The van der Waals surface area contributed by atoms with Crippen LogP contribution in [0.4, 0.5) is 0 Å². The number of hydrogen-bond acceptors (Lipinski definition) is 9. The van der Waals surface area contributed by atoms with Crippen molar-refractivity contribution in [1.29, 1.82) is 0 Å². The van der Waals surface area contributed by atoms with Crippen LogP contribution in [0.1, 0.15) is 0 Å². The summed E-state index contributed by atoms with van der Waals surface area (Å²) in [5.74, 6) is 0. The van der Waals surface area contributed by atoms with E-state index in [4.69, 9.17) is 37.0 Å². The molecule has 37 heavy (non-hydrogen) atoms. The molecule has 0 aliphatic carbocycles. The lowest BCUT2D eigenvalue weighted by Crippen LogP contribution is -2.68. The molecule has 0 saturated carbocycles. The molecule has 0 amide bonds. The van der Waals surface area contributed by atoms with E-state index >= 15 is 0 Å². The van der Waals surface area contributed by atoms with Crippen LogP contribution >= 0.6 is 0 Å². The number of hydrogen-bond donors (Lipinski definition) is 0. The number of rotatable bonds is 20. The summed E-state index contributed by atoms with van der Waals surface area (Å²) in [5.41, 5.74) is 0. The van der Waals surface area contributed by atoms with Crippen molar-refractivity contribution in [3.8, 4) is 0 Å². The number of allylic oxidation sites excluding steroid dienone is 1. The topological polar surface area (TPSA) is 83.1 Å². The van der Waals surface area contributed by atoms with Gasteiger partial charge in [-0.15, -0.1) is 6.58 Å². The van der Waals surface area contributed by atoms with Gasteiger partial charge < -0.3 is 37.0 Å². The fraction of sp³-hybridized carbons (Fsp3) is 0.889. The van der Waals surface area contributed by atoms with Crippen LogP contribution in [0.3, 0.4) is 0 Å². The summed E-state index contributed by atoms with van der Waals surface area (Å²) >= 11 is 0. The van der Waals surface area contributed by atoms with E-state index in [1.54, 1.807) is 6.08 Å². The van der Waals surface area contributed by atoms with E-state index in [1.807, 2.05) is 19.6 Å². The molecule has 0 fully saturated rings. The molecule has 0 rings (SSSR count). The van der Waals surface area contributed by atoms with E-state index in [9.17, 15) is 0 Å². The lowest BCUT2D eigenvalue weighted by Gasteiger charge is -2.45. The van der Waals surface area contributed by atoms with Gasteiger partial charge in [-0.2, -0.15) is 0 Å². The molecule has 0 aliphatic rings. The van der Waals surface area contributed by atoms with Crippen molar-refractivity contribution < 1.29 is 37.0 Å². The largest absolute Gasteiger partial charge is 0.482 e. The Kier molecular flexibility index (Phi) is 17.6. The molecule has 0 aromatic carbocycles. The zero-order valence-electron chi connectivity index (χ0n) is 26.1. The minimum Gasteiger partial charge on any atom is -0.420 e. The molecule has 0 aromatic heterocycles. The fourth-order valence-corrected chi connectivity index (χ4v) is 40.2. The molecule has 0 atom stereocenters. The average molecular weight is 697 g/mol. The maximum Gasteiger partial charge on any atom is 0.482 e. The van der Waals surface area contributed by atoms with Gasteiger partial charge in [0.2, 0.25) is 0 Å². The van der Waals surface area contributed by atoms with E-state index in [2.05, 4.69) is 85.1 Å².